The molecular formula is C15H16FN3O2. The van der Waals surface area contributed by atoms with Crippen molar-refractivity contribution < 1.29 is 9.31 Å². The molecule has 0 saturated heterocycles. The van der Waals surface area contributed by atoms with E-state index in [1.165, 1.54) is 24.3 Å². The molecule has 0 atom stereocenters. The molecule has 0 spiro atoms. The van der Waals surface area contributed by atoms with Gasteiger partial charge in [-0.2, -0.15) is 0 Å². The Morgan fingerprint density at radius 3 is 2.48 bits per heavy atom. The first-order chi connectivity index (χ1) is 9.95. The SMILES string of the molecule is CN(Cc1ccc(F)cc1)Cc1cc([N+](=O)[O-])ccc1N. The normalized spacial score (nSPS) is 10.8. The molecule has 21 heavy (non-hydrogen) atoms. The molecule has 0 aliphatic heterocycles. The molecular weight excluding hydrogens is 273 g/mol. The number of nitrogen functional groups attached to an aromatic ring is 1. The predicted molar refractivity (Wildman–Crippen MR) is 79.1 cm³/mol. The van der Waals surface area contributed by atoms with E-state index in [0.717, 1.165) is 5.56 Å². The summed E-state index contributed by atoms with van der Waals surface area (Å²) in [6.45, 7) is 1.08. The van der Waals surface area contributed by atoms with Gasteiger partial charge >= 0.3 is 0 Å². The van der Waals surface area contributed by atoms with Crippen molar-refractivity contribution in [3.8, 4) is 0 Å². The summed E-state index contributed by atoms with van der Waals surface area (Å²) in [4.78, 5) is 12.3. The summed E-state index contributed by atoms with van der Waals surface area (Å²) in [5.74, 6) is -0.274. The van der Waals surface area contributed by atoms with E-state index in [1.54, 1.807) is 18.2 Å². The number of nitro benzene ring substituents is 1. The Kier molecular flexibility index (Phi) is 4.49. The van der Waals surface area contributed by atoms with Crippen molar-refractivity contribution in [3.05, 3.63) is 69.5 Å². The highest BCUT2D eigenvalue weighted by atomic mass is 19.1. The largest absolute Gasteiger partial charge is 0.398 e. The minimum absolute atomic E-state index is 0.0226. The van der Waals surface area contributed by atoms with Gasteiger partial charge in [-0.3, -0.25) is 15.0 Å². The van der Waals surface area contributed by atoms with E-state index in [-0.39, 0.29) is 11.5 Å². The first kappa shape index (κ1) is 14.9. The molecule has 2 N–H and O–H groups in total. The molecule has 6 heteroatoms. The molecule has 0 saturated carbocycles. The van der Waals surface area contributed by atoms with Crippen LogP contribution in [-0.2, 0) is 13.1 Å². The van der Waals surface area contributed by atoms with Gasteiger partial charge < -0.3 is 5.73 Å². The topological polar surface area (TPSA) is 72.4 Å². The van der Waals surface area contributed by atoms with E-state index in [0.29, 0.717) is 24.3 Å². The lowest BCUT2D eigenvalue weighted by Crippen LogP contribution is -2.18. The van der Waals surface area contributed by atoms with Gasteiger partial charge in [0.2, 0.25) is 0 Å². The summed E-state index contributed by atoms with van der Waals surface area (Å²) in [5, 5.41) is 10.8. The van der Waals surface area contributed by atoms with Crippen molar-refractivity contribution in [3.63, 3.8) is 0 Å². The molecule has 0 fully saturated rings. The summed E-state index contributed by atoms with van der Waals surface area (Å²) in [6, 6.07) is 10.6. The second kappa shape index (κ2) is 6.32. The molecule has 110 valence electrons. The quantitative estimate of drug-likeness (QED) is 0.522. The van der Waals surface area contributed by atoms with Crippen molar-refractivity contribution in [2.24, 2.45) is 0 Å². The third kappa shape index (κ3) is 4.00. The monoisotopic (exact) mass is 289 g/mol. The van der Waals surface area contributed by atoms with Gasteiger partial charge in [0.15, 0.2) is 0 Å². The zero-order valence-corrected chi connectivity index (χ0v) is 11.6. The molecule has 0 unspecified atom stereocenters. The van der Waals surface area contributed by atoms with E-state index >= 15 is 0 Å². The van der Waals surface area contributed by atoms with Crippen molar-refractivity contribution in [1.82, 2.24) is 4.90 Å². The predicted octanol–water partition coefficient (Wildman–Crippen LogP) is 2.95. The second-order valence-electron chi connectivity index (χ2n) is 4.94. The molecule has 0 aliphatic carbocycles. The fourth-order valence-corrected chi connectivity index (χ4v) is 2.09. The van der Waals surface area contributed by atoms with E-state index in [9.17, 15) is 14.5 Å². The third-order valence-corrected chi connectivity index (χ3v) is 3.14. The molecule has 0 aromatic heterocycles. The maximum absolute atomic E-state index is 12.8. The van der Waals surface area contributed by atoms with Crippen LogP contribution in [0, 0.1) is 15.9 Å². The highest BCUT2D eigenvalue weighted by molar-refractivity contribution is 5.52. The van der Waals surface area contributed by atoms with Crippen LogP contribution in [0.25, 0.3) is 0 Å². The molecule has 0 radical (unpaired) electrons. The Balaban J connectivity index is 2.08. The zero-order chi connectivity index (χ0) is 15.4. The number of nitro groups is 1. The van der Waals surface area contributed by atoms with E-state index in [2.05, 4.69) is 0 Å². The molecule has 0 bridgehead atoms. The number of nitrogens with zero attached hydrogens (tertiary/aromatic N) is 2. The fraction of sp³-hybridized carbons (Fsp3) is 0.200. The Bertz CT molecular complexity index is 644. The lowest BCUT2D eigenvalue weighted by Gasteiger charge is -2.17. The van der Waals surface area contributed by atoms with Gasteiger partial charge in [0.05, 0.1) is 4.92 Å². The molecule has 0 amide bonds. The van der Waals surface area contributed by atoms with Crippen LogP contribution in [0.5, 0.6) is 0 Å². The van der Waals surface area contributed by atoms with Crippen LogP contribution >= 0.6 is 0 Å². The molecule has 2 aromatic carbocycles. The van der Waals surface area contributed by atoms with Gasteiger partial charge in [-0.05, 0) is 36.4 Å². The standard InChI is InChI=1S/C15H16FN3O2/c1-18(9-11-2-4-13(16)5-3-11)10-12-8-14(19(20)21)6-7-15(12)17/h2-8H,9-10,17H2,1H3. The van der Waals surface area contributed by atoms with Gasteiger partial charge in [-0.1, -0.05) is 12.1 Å². The van der Waals surface area contributed by atoms with Crippen LogP contribution in [0.2, 0.25) is 0 Å². The zero-order valence-electron chi connectivity index (χ0n) is 11.6. The number of nitrogens with two attached hydrogens (primary N) is 1. The van der Waals surface area contributed by atoms with Crippen LogP contribution in [-0.4, -0.2) is 16.9 Å². The summed E-state index contributed by atoms with van der Waals surface area (Å²) in [7, 11) is 1.88. The van der Waals surface area contributed by atoms with E-state index < -0.39 is 4.92 Å². The lowest BCUT2D eigenvalue weighted by molar-refractivity contribution is -0.384. The number of benzene rings is 2. The Hall–Kier alpha value is -2.47. The Morgan fingerprint density at radius 2 is 1.86 bits per heavy atom. The van der Waals surface area contributed by atoms with Crippen LogP contribution in [0.4, 0.5) is 15.8 Å². The number of halogens is 1. The number of rotatable bonds is 5. The van der Waals surface area contributed by atoms with Crippen LogP contribution < -0.4 is 5.73 Å². The fourth-order valence-electron chi connectivity index (χ4n) is 2.09. The highest BCUT2D eigenvalue weighted by Gasteiger charge is 2.11. The highest BCUT2D eigenvalue weighted by Crippen LogP contribution is 2.21. The molecule has 2 rings (SSSR count). The molecule has 0 heterocycles. The molecule has 5 nitrogen and oxygen atoms in total. The maximum atomic E-state index is 12.8. The Morgan fingerprint density at radius 1 is 1.19 bits per heavy atom. The third-order valence-electron chi connectivity index (χ3n) is 3.14. The minimum Gasteiger partial charge on any atom is -0.398 e. The maximum Gasteiger partial charge on any atom is 0.269 e. The van der Waals surface area contributed by atoms with Crippen molar-refractivity contribution >= 4 is 11.4 Å². The summed E-state index contributed by atoms with van der Waals surface area (Å²) < 4.78 is 12.8. The van der Waals surface area contributed by atoms with Crippen molar-refractivity contribution in [2.45, 2.75) is 13.1 Å². The van der Waals surface area contributed by atoms with E-state index in [4.69, 9.17) is 5.73 Å². The van der Waals surface area contributed by atoms with E-state index in [1.807, 2.05) is 11.9 Å². The Labute approximate surface area is 122 Å². The average molecular weight is 289 g/mol. The van der Waals surface area contributed by atoms with Crippen molar-refractivity contribution in [1.29, 1.82) is 0 Å². The minimum atomic E-state index is -0.442. The van der Waals surface area contributed by atoms with Crippen molar-refractivity contribution in [2.75, 3.05) is 12.8 Å². The summed E-state index contributed by atoms with van der Waals surface area (Å²) in [6.07, 6.45) is 0. The van der Waals surface area contributed by atoms with Gasteiger partial charge in [-0.25, -0.2) is 4.39 Å². The molecule has 2 aromatic rings. The first-order valence-electron chi connectivity index (χ1n) is 6.41. The smallest absolute Gasteiger partial charge is 0.269 e. The number of anilines is 1. The van der Waals surface area contributed by atoms with Crippen LogP contribution in [0.1, 0.15) is 11.1 Å². The lowest BCUT2D eigenvalue weighted by atomic mass is 10.1. The second-order valence-corrected chi connectivity index (χ2v) is 4.94. The van der Waals surface area contributed by atoms with Gasteiger partial charge in [-0.15, -0.1) is 0 Å². The number of hydrogen-bond donors (Lipinski definition) is 1. The number of non-ortho nitro benzene ring substituents is 1. The first-order valence-corrected chi connectivity index (χ1v) is 6.41. The van der Waals surface area contributed by atoms with Gasteiger partial charge in [0.25, 0.3) is 5.69 Å². The van der Waals surface area contributed by atoms with Crippen LogP contribution in [0.15, 0.2) is 42.5 Å². The van der Waals surface area contributed by atoms with Gasteiger partial charge in [0, 0.05) is 30.9 Å². The van der Waals surface area contributed by atoms with Crippen LogP contribution in [0.3, 0.4) is 0 Å². The summed E-state index contributed by atoms with van der Waals surface area (Å²) >= 11 is 0. The van der Waals surface area contributed by atoms with Gasteiger partial charge in [0.1, 0.15) is 5.82 Å². The molecule has 0 aliphatic rings. The summed E-state index contributed by atoms with van der Waals surface area (Å²) in [5.41, 5.74) is 8.06. The average Bonchev–Trinajstić information content (AvgIpc) is 2.43. The number of hydrogen-bond acceptors (Lipinski definition) is 4.